The van der Waals surface area contributed by atoms with Crippen LogP contribution >= 0.6 is 0 Å². The third-order valence-corrected chi connectivity index (χ3v) is 4.96. The summed E-state index contributed by atoms with van der Waals surface area (Å²) in [7, 11) is 0. The first-order valence-corrected chi connectivity index (χ1v) is 8.74. The van der Waals surface area contributed by atoms with Crippen molar-refractivity contribution in [3.63, 3.8) is 0 Å². The van der Waals surface area contributed by atoms with Crippen molar-refractivity contribution in [3.05, 3.63) is 29.8 Å². The van der Waals surface area contributed by atoms with Crippen molar-refractivity contribution in [2.24, 2.45) is 0 Å². The van der Waals surface area contributed by atoms with E-state index < -0.39 is 12.8 Å². The second-order valence-electron chi connectivity index (χ2n) is 6.80. The number of hydrogen-bond donors (Lipinski definition) is 0. The van der Waals surface area contributed by atoms with E-state index in [2.05, 4.69) is 9.80 Å². The van der Waals surface area contributed by atoms with Crippen LogP contribution in [-0.2, 0) is 6.54 Å². The minimum atomic E-state index is -4.30. The van der Waals surface area contributed by atoms with Gasteiger partial charge in [0.25, 0.3) is 0 Å². The predicted molar refractivity (Wildman–Crippen MR) is 87.1 cm³/mol. The molecule has 0 amide bonds. The first-order chi connectivity index (χ1) is 11.5. The Hall–Kier alpha value is -1.27. The van der Waals surface area contributed by atoms with Crippen LogP contribution in [0.3, 0.4) is 0 Å². The van der Waals surface area contributed by atoms with E-state index in [9.17, 15) is 13.2 Å². The molecule has 0 spiro atoms. The molecule has 1 saturated carbocycles. The average Bonchev–Trinajstić information content (AvgIpc) is 3.08. The first kappa shape index (κ1) is 17.5. The molecule has 134 valence electrons. The average molecular weight is 342 g/mol. The summed E-state index contributed by atoms with van der Waals surface area (Å²) in [5.41, 5.74) is 1.00. The zero-order chi connectivity index (χ0) is 17.0. The van der Waals surface area contributed by atoms with Crippen LogP contribution in [0.5, 0.6) is 5.75 Å². The van der Waals surface area contributed by atoms with Crippen LogP contribution < -0.4 is 4.74 Å². The van der Waals surface area contributed by atoms with Crippen LogP contribution in [0, 0.1) is 0 Å². The summed E-state index contributed by atoms with van der Waals surface area (Å²) in [6.07, 6.45) is 1.08. The van der Waals surface area contributed by atoms with E-state index in [4.69, 9.17) is 4.74 Å². The maximum atomic E-state index is 12.2. The Balaban J connectivity index is 1.48. The molecule has 1 saturated heterocycles. The molecule has 0 N–H and O–H groups in total. The molecule has 0 aromatic heterocycles. The van der Waals surface area contributed by atoms with E-state index in [1.807, 2.05) is 6.07 Å². The molecular weight excluding hydrogens is 317 g/mol. The third-order valence-electron chi connectivity index (χ3n) is 4.96. The van der Waals surface area contributed by atoms with E-state index in [-0.39, 0.29) is 5.75 Å². The molecule has 3 rings (SSSR count). The minimum Gasteiger partial charge on any atom is -0.484 e. The lowest BCUT2D eigenvalue weighted by Crippen LogP contribution is -2.49. The Morgan fingerprint density at radius 2 is 1.75 bits per heavy atom. The van der Waals surface area contributed by atoms with Gasteiger partial charge in [0.1, 0.15) is 5.75 Å². The van der Waals surface area contributed by atoms with Gasteiger partial charge in [-0.05, 0) is 30.5 Å². The molecule has 1 heterocycles. The van der Waals surface area contributed by atoms with Crippen molar-refractivity contribution in [2.75, 3.05) is 32.8 Å². The van der Waals surface area contributed by atoms with Crippen LogP contribution in [0.1, 0.15) is 31.2 Å². The highest BCUT2D eigenvalue weighted by atomic mass is 19.4. The molecule has 2 fully saturated rings. The van der Waals surface area contributed by atoms with Gasteiger partial charge in [-0.1, -0.05) is 25.0 Å². The van der Waals surface area contributed by atoms with Gasteiger partial charge in [0.05, 0.1) is 0 Å². The quantitative estimate of drug-likeness (QED) is 0.812. The summed E-state index contributed by atoms with van der Waals surface area (Å²) >= 11 is 0. The van der Waals surface area contributed by atoms with Crippen molar-refractivity contribution in [1.82, 2.24) is 9.80 Å². The Morgan fingerprint density at radius 1 is 1.04 bits per heavy atom. The lowest BCUT2D eigenvalue weighted by molar-refractivity contribution is -0.153. The summed E-state index contributed by atoms with van der Waals surface area (Å²) in [4.78, 5) is 4.97. The topological polar surface area (TPSA) is 15.7 Å². The van der Waals surface area contributed by atoms with Crippen LogP contribution in [0.4, 0.5) is 13.2 Å². The summed E-state index contributed by atoms with van der Waals surface area (Å²) in [6.45, 7) is 3.75. The van der Waals surface area contributed by atoms with Gasteiger partial charge in [-0.15, -0.1) is 0 Å². The summed E-state index contributed by atoms with van der Waals surface area (Å²) in [6, 6.07) is 7.77. The molecule has 0 radical (unpaired) electrons. The van der Waals surface area contributed by atoms with Crippen molar-refractivity contribution in [1.29, 1.82) is 0 Å². The smallest absolute Gasteiger partial charge is 0.422 e. The molecule has 6 heteroatoms. The van der Waals surface area contributed by atoms with E-state index in [1.54, 1.807) is 18.2 Å². The van der Waals surface area contributed by atoms with Gasteiger partial charge in [0.2, 0.25) is 0 Å². The standard InChI is InChI=1S/C18H25F3N2O/c19-18(20,21)14-24-17-7-3-4-15(12-17)13-22-8-10-23(11-9-22)16-5-1-2-6-16/h3-4,7,12,16H,1-2,5-6,8-11,13-14H2. The number of ether oxygens (including phenoxy) is 1. The lowest BCUT2D eigenvalue weighted by atomic mass is 10.1. The fraction of sp³-hybridized carbons (Fsp3) is 0.667. The fourth-order valence-corrected chi connectivity index (χ4v) is 3.71. The molecule has 0 unspecified atom stereocenters. The molecule has 24 heavy (non-hydrogen) atoms. The normalized spacial score (nSPS) is 21.3. The Morgan fingerprint density at radius 3 is 2.42 bits per heavy atom. The van der Waals surface area contributed by atoms with E-state index >= 15 is 0 Å². The Kier molecular flexibility index (Phi) is 5.66. The number of nitrogens with zero attached hydrogens (tertiary/aromatic N) is 2. The van der Waals surface area contributed by atoms with Gasteiger partial charge < -0.3 is 4.74 Å². The molecule has 0 bridgehead atoms. The molecule has 1 aliphatic heterocycles. The van der Waals surface area contributed by atoms with Crippen molar-refractivity contribution >= 4 is 0 Å². The number of halogens is 3. The second kappa shape index (κ2) is 7.74. The number of hydrogen-bond acceptors (Lipinski definition) is 3. The van der Waals surface area contributed by atoms with Crippen LogP contribution in [-0.4, -0.2) is 54.8 Å². The monoisotopic (exact) mass is 342 g/mol. The number of benzene rings is 1. The molecular formula is C18H25F3N2O. The molecule has 0 atom stereocenters. The molecule has 3 nitrogen and oxygen atoms in total. The largest absolute Gasteiger partial charge is 0.484 e. The van der Waals surface area contributed by atoms with Gasteiger partial charge in [-0.25, -0.2) is 0 Å². The third kappa shape index (κ3) is 5.11. The van der Waals surface area contributed by atoms with E-state index in [0.29, 0.717) is 0 Å². The number of piperazine rings is 1. The van der Waals surface area contributed by atoms with Gasteiger partial charge in [-0.3, -0.25) is 9.80 Å². The van der Waals surface area contributed by atoms with Crippen LogP contribution in [0.15, 0.2) is 24.3 Å². The molecule has 2 aliphatic rings. The van der Waals surface area contributed by atoms with Gasteiger partial charge in [0, 0.05) is 38.8 Å². The summed E-state index contributed by atoms with van der Waals surface area (Å²) in [5.74, 6) is 0.286. The second-order valence-corrected chi connectivity index (χ2v) is 6.80. The molecule has 1 aliphatic carbocycles. The lowest BCUT2D eigenvalue weighted by Gasteiger charge is -2.38. The van der Waals surface area contributed by atoms with Crippen LogP contribution in [0.2, 0.25) is 0 Å². The van der Waals surface area contributed by atoms with Crippen molar-refractivity contribution in [2.45, 2.75) is 44.4 Å². The molecule has 1 aromatic rings. The van der Waals surface area contributed by atoms with Crippen molar-refractivity contribution < 1.29 is 17.9 Å². The van der Waals surface area contributed by atoms with Crippen molar-refractivity contribution in [3.8, 4) is 5.75 Å². The SMILES string of the molecule is FC(F)(F)COc1cccc(CN2CCN(C3CCCC3)CC2)c1. The number of alkyl halides is 3. The highest BCUT2D eigenvalue weighted by molar-refractivity contribution is 5.28. The number of rotatable bonds is 5. The summed E-state index contributed by atoms with van der Waals surface area (Å²) in [5, 5.41) is 0. The van der Waals surface area contributed by atoms with Crippen LogP contribution in [0.25, 0.3) is 0 Å². The van der Waals surface area contributed by atoms with Gasteiger partial charge >= 0.3 is 6.18 Å². The molecule has 1 aromatic carbocycles. The zero-order valence-corrected chi connectivity index (χ0v) is 13.9. The highest BCUT2D eigenvalue weighted by Crippen LogP contribution is 2.25. The Bertz CT molecular complexity index is 521. The Labute approximate surface area is 141 Å². The highest BCUT2D eigenvalue weighted by Gasteiger charge is 2.28. The predicted octanol–water partition coefficient (Wildman–Crippen LogP) is 3.69. The van der Waals surface area contributed by atoms with Gasteiger partial charge in [-0.2, -0.15) is 13.2 Å². The van der Waals surface area contributed by atoms with E-state index in [0.717, 1.165) is 44.3 Å². The van der Waals surface area contributed by atoms with E-state index in [1.165, 1.54) is 25.7 Å². The maximum Gasteiger partial charge on any atom is 0.422 e. The van der Waals surface area contributed by atoms with Gasteiger partial charge in [0.15, 0.2) is 6.61 Å². The zero-order valence-electron chi connectivity index (χ0n) is 13.9. The maximum absolute atomic E-state index is 12.2. The minimum absolute atomic E-state index is 0.286. The first-order valence-electron chi connectivity index (χ1n) is 8.74. The fourth-order valence-electron chi connectivity index (χ4n) is 3.71. The summed E-state index contributed by atoms with van der Waals surface area (Å²) < 4.78 is 41.6.